The number of carbonyl (C=O) groups excluding carboxylic acids is 1. The lowest BCUT2D eigenvalue weighted by Crippen LogP contribution is -2.40. The molecule has 1 saturated heterocycles. The summed E-state index contributed by atoms with van der Waals surface area (Å²) in [6.07, 6.45) is 2.84. The number of anilines is 1. The summed E-state index contributed by atoms with van der Waals surface area (Å²) in [5.41, 5.74) is 0.0106. The van der Waals surface area contributed by atoms with Gasteiger partial charge >= 0.3 is 0 Å². The fraction of sp³-hybridized carbons (Fsp3) is 0.562. The molecule has 0 aromatic heterocycles. The normalized spacial score (nSPS) is 16.2. The Labute approximate surface area is 141 Å². The minimum Gasteiger partial charge on any atom is -0.343 e. The molecule has 0 saturated carbocycles. The summed E-state index contributed by atoms with van der Waals surface area (Å²) in [6, 6.07) is 2.88. The Morgan fingerprint density at radius 3 is 2.42 bits per heavy atom. The number of nitrogens with zero attached hydrogens (tertiary/aromatic N) is 2. The molecule has 0 atom stereocenters. The van der Waals surface area contributed by atoms with Gasteiger partial charge in [0.05, 0.1) is 11.9 Å². The molecule has 0 radical (unpaired) electrons. The van der Waals surface area contributed by atoms with E-state index < -0.39 is 21.7 Å². The SMILES string of the molecule is CC1CCN(C(=O)CCN(c2ccc(F)c(F)c2)S(C)(=O)=O)CC1. The Morgan fingerprint density at radius 2 is 1.88 bits per heavy atom. The number of carbonyl (C=O) groups is 1. The zero-order valence-electron chi connectivity index (χ0n) is 13.8. The van der Waals surface area contributed by atoms with Crippen molar-refractivity contribution in [2.45, 2.75) is 26.2 Å². The highest BCUT2D eigenvalue weighted by atomic mass is 32.2. The van der Waals surface area contributed by atoms with Gasteiger partial charge in [-0.05, 0) is 30.9 Å². The molecule has 1 aliphatic heterocycles. The van der Waals surface area contributed by atoms with Crippen LogP contribution in [0.15, 0.2) is 18.2 Å². The number of hydrogen-bond acceptors (Lipinski definition) is 3. The van der Waals surface area contributed by atoms with E-state index in [1.54, 1.807) is 4.90 Å². The second kappa shape index (κ2) is 7.46. The van der Waals surface area contributed by atoms with E-state index in [1.807, 2.05) is 0 Å². The largest absolute Gasteiger partial charge is 0.343 e. The molecule has 0 N–H and O–H groups in total. The van der Waals surface area contributed by atoms with Crippen LogP contribution in [0.2, 0.25) is 0 Å². The van der Waals surface area contributed by atoms with Crippen molar-refractivity contribution in [3.63, 3.8) is 0 Å². The van der Waals surface area contributed by atoms with Gasteiger partial charge in [-0.1, -0.05) is 6.92 Å². The van der Waals surface area contributed by atoms with Crippen LogP contribution in [0.5, 0.6) is 0 Å². The molecule has 134 valence electrons. The maximum atomic E-state index is 13.4. The van der Waals surface area contributed by atoms with Gasteiger partial charge in [-0.25, -0.2) is 17.2 Å². The van der Waals surface area contributed by atoms with Crippen molar-refractivity contribution in [3.8, 4) is 0 Å². The van der Waals surface area contributed by atoms with Gasteiger partial charge in [-0.3, -0.25) is 9.10 Å². The second-order valence-corrected chi connectivity index (χ2v) is 8.15. The van der Waals surface area contributed by atoms with Gasteiger partial charge in [0.15, 0.2) is 11.6 Å². The molecule has 2 rings (SSSR count). The molecule has 5 nitrogen and oxygen atoms in total. The summed E-state index contributed by atoms with van der Waals surface area (Å²) < 4.78 is 51.2. The third-order valence-corrected chi connectivity index (χ3v) is 5.45. The molecule has 1 aromatic carbocycles. The first-order valence-corrected chi connectivity index (χ1v) is 9.74. The lowest BCUT2D eigenvalue weighted by Gasteiger charge is -2.31. The molecule has 0 aliphatic carbocycles. The van der Waals surface area contributed by atoms with E-state index in [4.69, 9.17) is 0 Å². The summed E-state index contributed by atoms with van der Waals surface area (Å²) in [4.78, 5) is 14.0. The maximum absolute atomic E-state index is 13.4. The Morgan fingerprint density at radius 1 is 1.25 bits per heavy atom. The number of rotatable bonds is 5. The first-order valence-electron chi connectivity index (χ1n) is 7.89. The molecule has 24 heavy (non-hydrogen) atoms. The van der Waals surface area contributed by atoms with Crippen molar-refractivity contribution < 1.29 is 22.0 Å². The molecule has 1 amide bonds. The van der Waals surface area contributed by atoms with Crippen molar-refractivity contribution in [3.05, 3.63) is 29.8 Å². The monoisotopic (exact) mass is 360 g/mol. The molecule has 1 aromatic rings. The Hall–Kier alpha value is -1.70. The molecular formula is C16H22F2N2O3S. The van der Waals surface area contributed by atoms with Crippen molar-refractivity contribution in [2.75, 3.05) is 30.2 Å². The molecule has 0 bridgehead atoms. The lowest BCUT2D eigenvalue weighted by molar-refractivity contribution is -0.132. The van der Waals surface area contributed by atoms with Crippen LogP contribution >= 0.6 is 0 Å². The van der Waals surface area contributed by atoms with Crippen molar-refractivity contribution in [1.82, 2.24) is 4.90 Å². The van der Waals surface area contributed by atoms with Gasteiger partial charge in [-0.15, -0.1) is 0 Å². The predicted octanol–water partition coefficient (Wildman–Crippen LogP) is 2.38. The predicted molar refractivity (Wildman–Crippen MR) is 88.1 cm³/mol. The number of halogens is 2. The van der Waals surface area contributed by atoms with Gasteiger partial charge in [-0.2, -0.15) is 0 Å². The van der Waals surface area contributed by atoms with Crippen molar-refractivity contribution >= 4 is 21.6 Å². The van der Waals surface area contributed by atoms with Crippen LogP contribution in [0.25, 0.3) is 0 Å². The maximum Gasteiger partial charge on any atom is 0.232 e. The highest BCUT2D eigenvalue weighted by Crippen LogP contribution is 2.22. The zero-order chi connectivity index (χ0) is 17.9. The van der Waals surface area contributed by atoms with Gasteiger partial charge in [0, 0.05) is 32.1 Å². The number of likely N-dealkylation sites (tertiary alicyclic amines) is 1. The smallest absolute Gasteiger partial charge is 0.232 e. The average Bonchev–Trinajstić information content (AvgIpc) is 2.50. The summed E-state index contributed by atoms with van der Waals surface area (Å²) in [5, 5.41) is 0. The van der Waals surface area contributed by atoms with E-state index in [1.165, 1.54) is 6.07 Å². The van der Waals surface area contributed by atoms with Crippen LogP contribution < -0.4 is 4.31 Å². The molecule has 1 heterocycles. The lowest BCUT2D eigenvalue weighted by atomic mass is 9.99. The molecule has 1 aliphatic rings. The molecule has 0 unspecified atom stereocenters. The van der Waals surface area contributed by atoms with E-state index in [-0.39, 0.29) is 24.6 Å². The first kappa shape index (κ1) is 18.6. The molecule has 8 heteroatoms. The van der Waals surface area contributed by atoms with Crippen LogP contribution in [0.3, 0.4) is 0 Å². The van der Waals surface area contributed by atoms with Crippen molar-refractivity contribution in [1.29, 1.82) is 0 Å². The van der Waals surface area contributed by atoms with E-state index >= 15 is 0 Å². The van der Waals surface area contributed by atoms with E-state index in [0.717, 1.165) is 35.5 Å². The quantitative estimate of drug-likeness (QED) is 0.810. The number of piperidine rings is 1. The van der Waals surface area contributed by atoms with Crippen LogP contribution in [0.4, 0.5) is 14.5 Å². The Bertz CT molecular complexity index is 701. The molecule has 0 spiro atoms. The third-order valence-electron chi connectivity index (χ3n) is 4.26. The van der Waals surface area contributed by atoms with E-state index in [2.05, 4.69) is 6.92 Å². The number of benzene rings is 1. The summed E-state index contributed by atoms with van der Waals surface area (Å²) in [5.74, 6) is -1.72. The summed E-state index contributed by atoms with van der Waals surface area (Å²) in [7, 11) is -3.71. The second-order valence-electron chi connectivity index (χ2n) is 6.25. The van der Waals surface area contributed by atoms with Crippen LogP contribution in [0.1, 0.15) is 26.2 Å². The van der Waals surface area contributed by atoms with Crippen LogP contribution in [-0.2, 0) is 14.8 Å². The number of hydrogen-bond donors (Lipinski definition) is 0. The minimum atomic E-state index is -3.71. The molecular weight excluding hydrogens is 338 g/mol. The molecule has 1 fully saturated rings. The Kier molecular flexibility index (Phi) is 5.79. The van der Waals surface area contributed by atoms with Gasteiger partial charge in [0.2, 0.25) is 15.9 Å². The van der Waals surface area contributed by atoms with Crippen molar-refractivity contribution in [2.24, 2.45) is 5.92 Å². The minimum absolute atomic E-state index is 0.000443. The number of amides is 1. The van der Waals surface area contributed by atoms with E-state index in [0.29, 0.717) is 19.0 Å². The Balaban J connectivity index is 2.07. The van der Waals surface area contributed by atoms with Gasteiger partial charge < -0.3 is 4.90 Å². The highest BCUT2D eigenvalue weighted by Gasteiger charge is 2.24. The zero-order valence-corrected chi connectivity index (χ0v) is 14.7. The van der Waals surface area contributed by atoms with Crippen LogP contribution in [0, 0.1) is 17.6 Å². The van der Waals surface area contributed by atoms with E-state index in [9.17, 15) is 22.0 Å². The topological polar surface area (TPSA) is 57.7 Å². The fourth-order valence-corrected chi connectivity index (χ4v) is 3.66. The average molecular weight is 360 g/mol. The highest BCUT2D eigenvalue weighted by molar-refractivity contribution is 7.92. The third kappa shape index (κ3) is 4.66. The first-order chi connectivity index (χ1) is 11.2. The summed E-state index contributed by atoms with van der Waals surface area (Å²) in [6.45, 7) is 3.37. The summed E-state index contributed by atoms with van der Waals surface area (Å²) >= 11 is 0. The standard InChI is InChI=1S/C16H22F2N2O3S/c1-12-5-8-19(9-6-12)16(21)7-10-20(24(2,22)23)13-3-4-14(17)15(18)11-13/h3-4,11-12H,5-10H2,1-2H3. The van der Waals surface area contributed by atoms with Gasteiger partial charge in [0.1, 0.15) is 0 Å². The van der Waals surface area contributed by atoms with Crippen LogP contribution in [-0.4, -0.2) is 45.1 Å². The fourth-order valence-electron chi connectivity index (χ4n) is 2.74. The van der Waals surface area contributed by atoms with Gasteiger partial charge in [0.25, 0.3) is 0 Å². The number of sulfonamides is 1.